The zero-order valence-corrected chi connectivity index (χ0v) is 11.1. The topological polar surface area (TPSA) is 96.3 Å². The summed E-state index contributed by atoms with van der Waals surface area (Å²) in [5.41, 5.74) is 1.01. The number of hydrogen-bond acceptors (Lipinski definition) is 6. The molecule has 0 saturated heterocycles. The van der Waals surface area contributed by atoms with Crippen molar-refractivity contribution in [3.8, 4) is 0 Å². The van der Waals surface area contributed by atoms with E-state index >= 15 is 0 Å². The van der Waals surface area contributed by atoms with E-state index in [9.17, 15) is 9.59 Å². The molecule has 110 valence electrons. The normalized spacial score (nSPS) is 11.9. The van der Waals surface area contributed by atoms with Gasteiger partial charge in [-0.25, -0.2) is 4.79 Å². The number of hydrogen-bond donors (Lipinski definition) is 2. The second kappa shape index (κ2) is 8.13. The molecule has 2 N–H and O–H groups in total. The van der Waals surface area contributed by atoms with Gasteiger partial charge in [-0.1, -0.05) is 30.3 Å². The van der Waals surface area contributed by atoms with Crippen molar-refractivity contribution < 1.29 is 29.4 Å². The Morgan fingerprint density at radius 1 is 1.30 bits per heavy atom. The van der Waals surface area contributed by atoms with Gasteiger partial charge in [0.15, 0.2) is 6.04 Å². The zero-order chi connectivity index (χ0) is 15.0. The number of rotatable bonds is 7. The molecule has 0 bridgehead atoms. The first-order valence-electron chi connectivity index (χ1n) is 5.99. The van der Waals surface area contributed by atoms with Crippen LogP contribution in [0.1, 0.15) is 5.56 Å². The number of aliphatic hydroxyl groups is 1. The molecule has 0 amide bonds. The summed E-state index contributed by atoms with van der Waals surface area (Å²) in [6.07, 6.45) is -0.481. The van der Waals surface area contributed by atoms with Crippen LogP contribution in [0.3, 0.4) is 0 Å². The summed E-state index contributed by atoms with van der Waals surface area (Å²) >= 11 is 0. The average Bonchev–Trinajstić information content (AvgIpc) is 2.40. The molecule has 0 fully saturated rings. The Labute approximate surface area is 116 Å². The summed E-state index contributed by atoms with van der Waals surface area (Å²) < 4.78 is 4.81. The molecule has 7 heteroatoms. The molecule has 0 unspecified atom stereocenters. The van der Waals surface area contributed by atoms with E-state index in [4.69, 9.17) is 14.9 Å². The highest BCUT2D eigenvalue weighted by Gasteiger charge is 2.25. The van der Waals surface area contributed by atoms with Crippen molar-refractivity contribution in [3.05, 3.63) is 35.9 Å². The number of carboxylic acid groups (broad SMARTS) is 1. The molecule has 1 atom stereocenters. The van der Waals surface area contributed by atoms with Crippen LogP contribution >= 0.6 is 0 Å². The van der Waals surface area contributed by atoms with E-state index in [1.165, 1.54) is 7.05 Å². The number of nitrogens with zero attached hydrogens (tertiary/aromatic N) is 1. The molecule has 1 rings (SSSR count). The van der Waals surface area contributed by atoms with E-state index in [0.29, 0.717) is 6.42 Å². The fourth-order valence-corrected chi connectivity index (χ4v) is 1.45. The van der Waals surface area contributed by atoms with Gasteiger partial charge in [-0.3, -0.25) is 4.79 Å². The minimum absolute atomic E-state index is 0.119. The lowest BCUT2D eigenvalue weighted by Crippen LogP contribution is -2.42. The van der Waals surface area contributed by atoms with Crippen LogP contribution in [-0.2, 0) is 20.8 Å². The fourth-order valence-electron chi connectivity index (χ4n) is 1.45. The van der Waals surface area contributed by atoms with Crippen molar-refractivity contribution in [2.45, 2.75) is 12.5 Å². The van der Waals surface area contributed by atoms with E-state index < -0.39 is 24.8 Å². The SMILES string of the molecule is CN(OC(=O)OCCc1ccccc1)[C@@H](CO)C(=O)O. The minimum Gasteiger partial charge on any atom is -0.480 e. The predicted octanol–water partition coefficient (Wildman–Crippen LogP) is 0.675. The summed E-state index contributed by atoms with van der Waals surface area (Å²) in [5, 5.41) is 18.3. The summed E-state index contributed by atoms with van der Waals surface area (Å²) in [5.74, 6) is -1.30. The fraction of sp³-hybridized carbons (Fsp3) is 0.385. The van der Waals surface area contributed by atoms with Crippen LogP contribution in [0.2, 0.25) is 0 Å². The third-order valence-corrected chi connectivity index (χ3v) is 2.57. The van der Waals surface area contributed by atoms with Crippen LogP contribution in [0.15, 0.2) is 30.3 Å². The molecule has 0 aliphatic heterocycles. The Balaban J connectivity index is 2.31. The number of aliphatic carboxylic acids is 1. The Hall–Kier alpha value is -2.12. The van der Waals surface area contributed by atoms with Crippen molar-refractivity contribution in [2.24, 2.45) is 0 Å². The molecule has 0 aliphatic rings. The van der Waals surface area contributed by atoms with E-state index in [0.717, 1.165) is 10.6 Å². The molecule has 7 nitrogen and oxygen atoms in total. The standard InChI is InChI=1S/C13H17NO6/c1-14(11(9-15)12(16)17)20-13(18)19-8-7-10-5-3-2-4-6-10/h2-6,11,15H,7-9H2,1H3,(H,16,17)/t11-/m0/s1. The third kappa shape index (κ3) is 5.25. The number of benzene rings is 1. The predicted molar refractivity (Wildman–Crippen MR) is 68.9 cm³/mol. The first-order valence-corrected chi connectivity index (χ1v) is 5.99. The number of carbonyl (C=O) groups excluding carboxylic acids is 1. The quantitative estimate of drug-likeness (QED) is 0.561. The van der Waals surface area contributed by atoms with Gasteiger partial charge in [0.25, 0.3) is 0 Å². The van der Waals surface area contributed by atoms with Gasteiger partial charge in [-0.05, 0) is 5.56 Å². The molecule has 0 saturated carbocycles. The third-order valence-electron chi connectivity index (χ3n) is 2.57. The smallest absolute Gasteiger partial charge is 0.480 e. The number of likely N-dealkylation sites (N-methyl/N-ethyl adjacent to an activating group) is 1. The molecule has 0 aromatic heterocycles. The van der Waals surface area contributed by atoms with Crippen molar-refractivity contribution >= 4 is 12.1 Å². The maximum atomic E-state index is 11.3. The lowest BCUT2D eigenvalue weighted by Gasteiger charge is -2.20. The van der Waals surface area contributed by atoms with Gasteiger partial charge in [0, 0.05) is 13.5 Å². The Morgan fingerprint density at radius 3 is 2.50 bits per heavy atom. The summed E-state index contributed by atoms with van der Waals surface area (Å²) in [6, 6.07) is 8.10. The van der Waals surface area contributed by atoms with Crippen LogP contribution in [0.25, 0.3) is 0 Å². The highest BCUT2D eigenvalue weighted by Crippen LogP contribution is 2.02. The molecule has 0 aliphatic carbocycles. The summed E-state index contributed by atoms with van der Waals surface area (Å²) in [4.78, 5) is 26.7. The minimum atomic E-state index is -1.32. The van der Waals surface area contributed by atoms with Crippen LogP contribution in [0.5, 0.6) is 0 Å². The molecular formula is C13H17NO6. The van der Waals surface area contributed by atoms with Gasteiger partial charge in [0.1, 0.15) is 0 Å². The van der Waals surface area contributed by atoms with Crippen LogP contribution in [0.4, 0.5) is 4.79 Å². The Bertz CT molecular complexity index is 436. The molecule has 20 heavy (non-hydrogen) atoms. The van der Waals surface area contributed by atoms with Gasteiger partial charge in [-0.15, -0.1) is 5.06 Å². The summed E-state index contributed by atoms with van der Waals surface area (Å²) in [6.45, 7) is -0.559. The molecule has 1 aromatic carbocycles. The van der Waals surface area contributed by atoms with Crippen molar-refractivity contribution in [1.29, 1.82) is 0 Å². The van der Waals surface area contributed by atoms with E-state index in [1.54, 1.807) is 0 Å². The van der Waals surface area contributed by atoms with Crippen molar-refractivity contribution in [1.82, 2.24) is 5.06 Å². The monoisotopic (exact) mass is 283 g/mol. The van der Waals surface area contributed by atoms with Crippen LogP contribution in [0, 0.1) is 0 Å². The molecule has 0 heterocycles. The largest absolute Gasteiger partial charge is 0.527 e. The summed E-state index contributed by atoms with van der Waals surface area (Å²) in [7, 11) is 1.23. The van der Waals surface area contributed by atoms with E-state index in [-0.39, 0.29) is 6.61 Å². The molecule has 0 spiro atoms. The van der Waals surface area contributed by atoms with Crippen LogP contribution in [-0.4, -0.2) is 53.7 Å². The Kier molecular flexibility index (Phi) is 6.48. The zero-order valence-electron chi connectivity index (χ0n) is 11.1. The highest BCUT2D eigenvalue weighted by molar-refractivity contribution is 5.73. The molecular weight excluding hydrogens is 266 g/mol. The average molecular weight is 283 g/mol. The Morgan fingerprint density at radius 2 is 1.95 bits per heavy atom. The van der Waals surface area contributed by atoms with Gasteiger partial charge in [0.05, 0.1) is 13.2 Å². The van der Waals surface area contributed by atoms with Gasteiger partial charge >= 0.3 is 12.1 Å². The van der Waals surface area contributed by atoms with Gasteiger partial charge < -0.3 is 19.8 Å². The number of aliphatic hydroxyl groups excluding tert-OH is 1. The number of hydroxylamine groups is 2. The second-order valence-corrected chi connectivity index (χ2v) is 4.01. The van der Waals surface area contributed by atoms with E-state index in [1.807, 2.05) is 30.3 Å². The van der Waals surface area contributed by atoms with Gasteiger partial charge in [-0.2, -0.15) is 0 Å². The van der Waals surface area contributed by atoms with E-state index in [2.05, 4.69) is 4.84 Å². The number of ether oxygens (including phenoxy) is 1. The molecule has 0 radical (unpaired) electrons. The number of carbonyl (C=O) groups is 2. The van der Waals surface area contributed by atoms with Crippen LogP contribution < -0.4 is 0 Å². The lowest BCUT2D eigenvalue weighted by molar-refractivity contribution is -0.174. The van der Waals surface area contributed by atoms with Crippen molar-refractivity contribution in [3.63, 3.8) is 0 Å². The first kappa shape index (κ1) is 15.9. The first-order chi connectivity index (χ1) is 9.54. The lowest BCUT2D eigenvalue weighted by atomic mass is 10.2. The van der Waals surface area contributed by atoms with Gasteiger partial charge in [0.2, 0.25) is 0 Å². The maximum absolute atomic E-state index is 11.3. The molecule has 1 aromatic rings. The highest BCUT2D eigenvalue weighted by atomic mass is 16.8. The number of carboxylic acids is 1. The van der Waals surface area contributed by atoms with Crippen molar-refractivity contribution in [2.75, 3.05) is 20.3 Å². The second-order valence-electron chi connectivity index (χ2n) is 4.01. The maximum Gasteiger partial charge on any atom is 0.527 e.